The van der Waals surface area contributed by atoms with Gasteiger partial charge in [-0.25, -0.2) is 0 Å². The van der Waals surface area contributed by atoms with Crippen LogP contribution in [-0.2, 0) is 44.5 Å². The molecule has 0 saturated carbocycles. The van der Waals surface area contributed by atoms with Crippen molar-refractivity contribution in [3.05, 3.63) is 43.1 Å². The van der Waals surface area contributed by atoms with Crippen molar-refractivity contribution in [1.82, 2.24) is 0 Å². The molecule has 10 heteroatoms. The fourth-order valence-corrected chi connectivity index (χ4v) is 7.00. The SMILES string of the molecule is CC1=C([SiH2]C2=C(C)CC(Cl)=C2OCO[Si](C)(C)C)C(OCO[Si](C)(C)C)=C(Cl)C1.[Zr]. The van der Waals surface area contributed by atoms with E-state index in [4.69, 9.17) is 41.5 Å². The van der Waals surface area contributed by atoms with E-state index in [0.29, 0.717) is 0 Å². The maximum atomic E-state index is 6.53. The minimum absolute atomic E-state index is 0. The first-order valence-electron chi connectivity index (χ1n) is 9.97. The Balaban J connectivity index is 0.00000450. The maximum Gasteiger partial charge on any atom is 0.188 e. The van der Waals surface area contributed by atoms with Gasteiger partial charge in [0.2, 0.25) is 0 Å². The second-order valence-electron chi connectivity index (χ2n) is 9.55. The quantitative estimate of drug-likeness (QED) is 0.231. The van der Waals surface area contributed by atoms with Gasteiger partial charge in [0.15, 0.2) is 30.2 Å². The summed E-state index contributed by atoms with van der Waals surface area (Å²) < 4.78 is 23.8. The van der Waals surface area contributed by atoms with Gasteiger partial charge < -0.3 is 18.3 Å². The van der Waals surface area contributed by atoms with Crippen LogP contribution in [0.3, 0.4) is 0 Å². The van der Waals surface area contributed by atoms with Crippen molar-refractivity contribution in [3.63, 3.8) is 0 Å². The van der Waals surface area contributed by atoms with Crippen LogP contribution in [0.2, 0.25) is 39.3 Å². The van der Waals surface area contributed by atoms with Crippen LogP contribution in [0, 0.1) is 0 Å². The molecule has 2 rings (SSSR count). The Morgan fingerprint density at radius 1 is 0.733 bits per heavy atom. The first-order valence-corrected chi connectivity index (χ1v) is 19.0. The summed E-state index contributed by atoms with van der Waals surface area (Å²) in [5.41, 5.74) is 2.54. The van der Waals surface area contributed by atoms with Crippen LogP contribution < -0.4 is 0 Å². The molecule has 0 amide bonds. The monoisotopic (exact) mass is 582 g/mol. The molecule has 0 atom stereocenters. The average Bonchev–Trinajstić information content (AvgIpc) is 2.95. The number of rotatable bonds is 10. The molecule has 0 aromatic carbocycles. The second-order valence-corrected chi connectivity index (χ2v) is 21.3. The number of hydrogen-bond acceptors (Lipinski definition) is 4. The zero-order valence-corrected chi connectivity index (χ0v) is 26.8. The van der Waals surface area contributed by atoms with Gasteiger partial charge in [-0.15, -0.1) is 0 Å². The fraction of sp³-hybridized carbons (Fsp3) is 0.600. The molecule has 168 valence electrons. The average molecular weight is 585 g/mol. The summed E-state index contributed by atoms with van der Waals surface area (Å²) in [6, 6.07) is 0. The predicted molar refractivity (Wildman–Crippen MR) is 130 cm³/mol. The molecule has 30 heavy (non-hydrogen) atoms. The zero-order valence-electron chi connectivity index (χ0n) is 19.4. The van der Waals surface area contributed by atoms with Crippen LogP contribution in [0.4, 0.5) is 0 Å². The van der Waals surface area contributed by atoms with Crippen LogP contribution in [0.25, 0.3) is 0 Å². The molecule has 0 aromatic heterocycles. The van der Waals surface area contributed by atoms with Crippen LogP contribution in [0.5, 0.6) is 0 Å². The predicted octanol–water partition coefficient (Wildman–Crippen LogP) is 6.06. The Morgan fingerprint density at radius 3 is 1.37 bits per heavy atom. The summed E-state index contributed by atoms with van der Waals surface area (Å²) in [7, 11) is -4.17. The van der Waals surface area contributed by atoms with Gasteiger partial charge in [-0.3, -0.25) is 0 Å². The van der Waals surface area contributed by atoms with E-state index in [2.05, 4.69) is 53.1 Å². The van der Waals surface area contributed by atoms with Gasteiger partial charge in [-0.1, -0.05) is 34.3 Å². The summed E-state index contributed by atoms with van der Waals surface area (Å²) in [6.07, 6.45) is 1.48. The molecule has 0 N–H and O–H groups in total. The van der Waals surface area contributed by atoms with Gasteiger partial charge in [0.05, 0.1) is 19.6 Å². The van der Waals surface area contributed by atoms with Crippen molar-refractivity contribution in [3.8, 4) is 0 Å². The number of hydrogen-bond donors (Lipinski definition) is 0. The third kappa shape index (κ3) is 8.51. The van der Waals surface area contributed by atoms with E-state index in [1.54, 1.807) is 0 Å². The van der Waals surface area contributed by atoms with Crippen LogP contribution in [0.15, 0.2) is 43.1 Å². The third-order valence-corrected chi connectivity index (χ3v) is 9.79. The van der Waals surface area contributed by atoms with Gasteiger partial charge in [0.1, 0.15) is 11.5 Å². The molecule has 0 aliphatic heterocycles. The van der Waals surface area contributed by atoms with E-state index in [0.717, 1.165) is 34.4 Å². The number of allylic oxidation sites excluding steroid dienone is 6. The normalized spacial score (nSPS) is 17.9. The Bertz CT molecular complexity index is 714. The molecular formula is C20H34Cl2O4Si3Zr. The van der Waals surface area contributed by atoms with Crippen LogP contribution in [0.1, 0.15) is 26.7 Å². The Kier molecular flexibility index (Phi) is 11.1. The van der Waals surface area contributed by atoms with Crippen molar-refractivity contribution in [2.75, 3.05) is 13.6 Å². The molecule has 0 fully saturated rings. The molecule has 0 aromatic rings. The van der Waals surface area contributed by atoms with Gasteiger partial charge in [0, 0.05) is 39.0 Å². The standard InChI is InChI=1S/C20H34Cl2O4Si3.Zr/c1-13-9-15(21)17(23-11-25-28(3,4)5)19(13)27-20-14(2)10-16(22)18(20)24-12-26-29(6,7)8;/h9-12,27H2,1-8H3;. The van der Waals surface area contributed by atoms with Crippen LogP contribution >= 0.6 is 23.2 Å². The van der Waals surface area contributed by atoms with Crippen molar-refractivity contribution < 1.29 is 44.5 Å². The summed E-state index contributed by atoms with van der Waals surface area (Å²) in [6.45, 7) is 17.6. The van der Waals surface area contributed by atoms with Gasteiger partial charge in [-0.2, -0.15) is 0 Å². The summed E-state index contributed by atoms with van der Waals surface area (Å²) in [5.74, 6) is 1.60. The van der Waals surface area contributed by atoms with E-state index >= 15 is 0 Å². The second kappa shape index (κ2) is 11.6. The first kappa shape index (κ1) is 28.6. The van der Waals surface area contributed by atoms with E-state index < -0.39 is 26.2 Å². The van der Waals surface area contributed by atoms with E-state index in [-0.39, 0.29) is 39.8 Å². The largest absolute Gasteiger partial charge is 0.467 e. The molecule has 0 spiro atoms. The zero-order chi connectivity index (χ0) is 22.0. The molecule has 2 aliphatic carbocycles. The van der Waals surface area contributed by atoms with Crippen molar-refractivity contribution in [2.24, 2.45) is 0 Å². The summed E-state index contributed by atoms with van der Waals surface area (Å²) >= 11 is 13.1. The number of halogens is 2. The summed E-state index contributed by atoms with van der Waals surface area (Å²) in [4.78, 5) is 0. The smallest absolute Gasteiger partial charge is 0.188 e. The fourth-order valence-electron chi connectivity index (χ4n) is 3.05. The van der Waals surface area contributed by atoms with E-state index in [1.165, 1.54) is 21.5 Å². The van der Waals surface area contributed by atoms with Crippen molar-refractivity contribution >= 4 is 49.4 Å². The molecule has 2 aliphatic rings. The van der Waals surface area contributed by atoms with Crippen molar-refractivity contribution in [2.45, 2.75) is 66.0 Å². The molecule has 0 saturated heterocycles. The Labute approximate surface area is 215 Å². The molecule has 0 bridgehead atoms. The summed E-state index contributed by atoms with van der Waals surface area (Å²) in [5, 5.41) is 4.00. The van der Waals surface area contributed by atoms with Gasteiger partial charge >= 0.3 is 0 Å². The molecule has 0 radical (unpaired) electrons. The van der Waals surface area contributed by atoms with Crippen molar-refractivity contribution in [1.29, 1.82) is 0 Å². The van der Waals surface area contributed by atoms with E-state index in [9.17, 15) is 0 Å². The molecule has 0 unspecified atom stereocenters. The topological polar surface area (TPSA) is 36.9 Å². The van der Waals surface area contributed by atoms with Crippen LogP contribution in [-0.4, -0.2) is 39.7 Å². The van der Waals surface area contributed by atoms with E-state index in [1.807, 2.05) is 0 Å². The molecule has 4 nitrogen and oxygen atoms in total. The molecular weight excluding hydrogens is 551 g/mol. The van der Waals surface area contributed by atoms with Gasteiger partial charge in [0.25, 0.3) is 0 Å². The third-order valence-electron chi connectivity index (χ3n) is 4.66. The maximum absolute atomic E-state index is 6.53. The minimum atomic E-state index is -1.65. The Morgan fingerprint density at radius 2 is 1.07 bits per heavy atom. The Hall–Kier alpha value is 0.594. The molecule has 0 heterocycles. The number of ether oxygens (including phenoxy) is 2. The van der Waals surface area contributed by atoms with Gasteiger partial charge in [-0.05, 0) is 63.5 Å². The first-order chi connectivity index (χ1) is 13.3. The minimum Gasteiger partial charge on any atom is -0.467 e.